The third-order valence-electron chi connectivity index (χ3n) is 4.27. The second-order valence-corrected chi connectivity index (χ2v) is 5.86. The first kappa shape index (κ1) is 17.7. The van der Waals surface area contributed by atoms with Gasteiger partial charge < -0.3 is 11.1 Å². The molecular weight excluding hydrogens is 248 g/mol. The molecule has 1 saturated carbocycles. The normalized spacial score (nSPS) is 19.4. The van der Waals surface area contributed by atoms with Gasteiger partial charge >= 0.3 is 0 Å². The molecule has 0 aliphatic heterocycles. The second kappa shape index (κ2) is 8.00. The standard InChI is InChI=1S/C14H28N2O.ClH/c1-4-12(11(2)3)9-13(17)16-14(10-15)7-5-6-8-14;/h11-12H,4-10,15H2,1-3H3,(H,16,17);1H. The predicted octanol–water partition coefficient (Wildman–Crippen LogP) is 2.87. The molecule has 0 radical (unpaired) electrons. The Hall–Kier alpha value is -0.280. The Balaban J connectivity index is 0.00000289. The molecule has 1 aliphatic rings. The van der Waals surface area contributed by atoms with Crippen molar-refractivity contribution in [3.05, 3.63) is 0 Å². The van der Waals surface area contributed by atoms with Crippen LogP contribution in [-0.2, 0) is 4.79 Å². The average Bonchev–Trinajstić information content (AvgIpc) is 2.74. The fraction of sp³-hybridized carbons (Fsp3) is 0.929. The zero-order valence-electron chi connectivity index (χ0n) is 12.0. The van der Waals surface area contributed by atoms with Gasteiger partial charge in [0.05, 0.1) is 5.54 Å². The van der Waals surface area contributed by atoms with Gasteiger partial charge in [0.15, 0.2) is 0 Å². The Morgan fingerprint density at radius 1 is 1.33 bits per heavy atom. The van der Waals surface area contributed by atoms with E-state index >= 15 is 0 Å². The number of amides is 1. The van der Waals surface area contributed by atoms with E-state index in [0.717, 1.165) is 19.3 Å². The Morgan fingerprint density at radius 3 is 2.28 bits per heavy atom. The van der Waals surface area contributed by atoms with Crippen LogP contribution in [0.3, 0.4) is 0 Å². The summed E-state index contributed by atoms with van der Waals surface area (Å²) in [6, 6.07) is 0. The van der Waals surface area contributed by atoms with Crippen LogP contribution in [0.2, 0.25) is 0 Å². The monoisotopic (exact) mass is 276 g/mol. The SMILES string of the molecule is CCC(CC(=O)NC1(CN)CCCC1)C(C)C.Cl. The highest BCUT2D eigenvalue weighted by Crippen LogP contribution is 2.29. The maximum absolute atomic E-state index is 12.1. The molecule has 1 atom stereocenters. The van der Waals surface area contributed by atoms with Gasteiger partial charge in [0, 0.05) is 13.0 Å². The van der Waals surface area contributed by atoms with Crippen molar-refractivity contribution in [3.8, 4) is 0 Å². The lowest BCUT2D eigenvalue weighted by Gasteiger charge is -2.30. The minimum atomic E-state index is -0.0909. The predicted molar refractivity (Wildman–Crippen MR) is 78.9 cm³/mol. The first-order valence-corrected chi connectivity index (χ1v) is 7.04. The fourth-order valence-electron chi connectivity index (χ4n) is 2.87. The topological polar surface area (TPSA) is 55.1 Å². The van der Waals surface area contributed by atoms with Crippen molar-refractivity contribution < 1.29 is 4.79 Å². The van der Waals surface area contributed by atoms with Crippen molar-refractivity contribution in [2.45, 2.75) is 64.8 Å². The lowest BCUT2D eigenvalue weighted by atomic mass is 9.89. The summed E-state index contributed by atoms with van der Waals surface area (Å²) >= 11 is 0. The van der Waals surface area contributed by atoms with Crippen LogP contribution in [0.1, 0.15) is 59.3 Å². The van der Waals surface area contributed by atoms with Crippen LogP contribution in [0.5, 0.6) is 0 Å². The molecule has 108 valence electrons. The van der Waals surface area contributed by atoms with Crippen LogP contribution < -0.4 is 11.1 Å². The van der Waals surface area contributed by atoms with Crippen molar-refractivity contribution in [2.24, 2.45) is 17.6 Å². The molecule has 0 aromatic heterocycles. The maximum atomic E-state index is 12.1. The van der Waals surface area contributed by atoms with E-state index in [1.54, 1.807) is 0 Å². The van der Waals surface area contributed by atoms with Crippen LogP contribution >= 0.6 is 12.4 Å². The summed E-state index contributed by atoms with van der Waals surface area (Å²) in [6.07, 6.45) is 6.20. The molecule has 0 aromatic rings. The van der Waals surface area contributed by atoms with E-state index in [2.05, 4.69) is 26.1 Å². The quantitative estimate of drug-likeness (QED) is 0.784. The third-order valence-corrected chi connectivity index (χ3v) is 4.27. The minimum Gasteiger partial charge on any atom is -0.349 e. The molecule has 0 heterocycles. The van der Waals surface area contributed by atoms with Crippen molar-refractivity contribution in [2.75, 3.05) is 6.54 Å². The molecular formula is C14H29ClN2O. The molecule has 1 rings (SSSR count). The molecule has 1 unspecified atom stereocenters. The zero-order valence-corrected chi connectivity index (χ0v) is 12.8. The molecule has 3 N–H and O–H groups in total. The molecule has 4 heteroatoms. The van der Waals surface area contributed by atoms with E-state index < -0.39 is 0 Å². The van der Waals surface area contributed by atoms with Gasteiger partial charge in [-0.15, -0.1) is 12.4 Å². The molecule has 0 bridgehead atoms. The number of hydrogen-bond donors (Lipinski definition) is 2. The smallest absolute Gasteiger partial charge is 0.220 e. The first-order valence-electron chi connectivity index (χ1n) is 7.04. The number of halogens is 1. The molecule has 18 heavy (non-hydrogen) atoms. The number of nitrogens with two attached hydrogens (primary N) is 1. The summed E-state index contributed by atoms with van der Waals surface area (Å²) in [5, 5.41) is 3.20. The van der Waals surface area contributed by atoms with Gasteiger partial charge in [-0.05, 0) is 24.7 Å². The van der Waals surface area contributed by atoms with E-state index in [4.69, 9.17) is 5.73 Å². The maximum Gasteiger partial charge on any atom is 0.220 e. The minimum absolute atomic E-state index is 0. The average molecular weight is 277 g/mol. The van der Waals surface area contributed by atoms with Crippen LogP contribution in [0.4, 0.5) is 0 Å². The van der Waals surface area contributed by atoms with Gasteiger partial charge in [-0.1, -0.05) is 40.0 Å². The molecule has 3 nitrogen and oxygen atoms in total. The number of carbonyl (C=O) groups excluding carboxylic acids is 1. The zero-order chi connectivity index (χ0) is 12.9. The Labute approximate surface area is 118 Å². The lowest BCUT2D eigenvalue weighted by Crippen LogP contribution is -2.52. The number of rotatable bonds is 6. The summed E-state index contributed by atoms with van der Waals surface area (Å²) < 4.78 is 0. The highest BCUT2D eigenvalue weighted by atomic mass is 35.5. The number of nitrogens with one attached hydrogen (secondary N) is 1. The van der Waals surface area contributed by atoms with Gasteiger partial charge in [-0.25, -0.2) is 0 Å². The number of carbonyl (C=O) groups is 1. The van der Waals surface area contributed by atoms with Gasteiger partial charge in [-0.2, -0.15) is 0 Å². The van der Waals surface area contributed by atoms with E-state index in [1.807, 2.05) is 0 Å². The Kier molecular flexibility index (Phi) is 7.88. The van der Waals surface area contributed by atoms with Gasteiger partial charge in [0.25, 0.3) is 0 Å². The first-order chi connectivity index (χ1) is 8.03. The van der Waals surface area contributed by atoms with Crippen molar-refractivity contribution in [1.82, 2.24) is 5.32 Å². The highest BCUT2D eigenvalue weighted by Gasteiger charge is 2.34. The van der Waals surface area contributed by atoms with Crippen LogP contribution in [0.15, 0.2) is 0 Å². The third kappa shape index (κ3) is 4.77. The van der Waals surface area contributed by atoms with Crippen LogP contribution in [0, 0.1) is 11.8 Å². The number of hydrogen-bond acceptors (Lipinski definition) is 2. The largest absolute Gasteiger partial charge is 0.349 e. The van der Waals surface area contributed by atoms with Gasteiger partial charge in [0.2, 0.25) is 5.91 Å². The summed E-state index contributed by atoms with van der Waals surface area (Å²) in [5.41, 5.74) is 5.73. The van der Waals surface area contributed by atoms with Crippen molar-refractivity contribution in [3.63, 3.8) is 0 Å². The highest BCUT2D eigenvalue weighted by molar-refractivity contribution is 5.85. The Bertz CT molecular complexity index is 250. The van der Waals surface area contributed by atoms with Crippen molar-refractivity contribution >= 4 is 18.3 Å². The molecule has 0 aromatic carbocycles. The van der Waals surface area contributed by atoms with Gasteiger partial charge in [0.1, 0.15) is 0 Å². The molecule has 0 spiro atoms. The van der Waals surface area contributed by atoms with Crippen LogP contribution in [0.25, 0.3) is 0 Å². The molecule has 0 saturated heterocycles. The van der Waals surface area contributed by atoms with E-state index in [0.29, 0.717) is 24.8 Å². The lowest BCUT2D eigenvalue weighted by molar-refractivity contribution is -0.124. The fourth-order valence-corrected chi connectivity index (χ4v) is 2.87. The summed E-state index contributed by atoms with van der Waals surface area (Å²) in [7, 11) is 0. The summed E-state index contributed by atoms with van der Waals surface area (Å²) in [4.78, 5) is 12.1. The summed E-state index contributed by atoms with van der Waals surface area (Å²) in [5.74, 6) is 1.26. The Morgan fingerprint density at radius 2 is 1.89 bits per heavy atom. The summed E-state index contributed by atoms with van der Waals surface area (Å²) in [6.45, 7) is 7.12. The van der Waals surface area contributed by atoms with E-state index in [1.165, 1.54) is 12.8 Å². The van der Waals surface area contributed by atoms with Gasteiger partial charge in [-0.3, -0.25) is 4.79 Å². The van der Waals surface area contributed by atoms with E-state index in [-0.39, 0.29) is 23.9 Å². The van der Waals surface area contributed by atoms with Crippen molar-refractivity contribution in [1.29, 1.82) is 0 Å². The second-order valence-electron chi connectivity index (χ2n) is 5.86. The molecule has 1 amide bonds. The molecule has 1 fully saturated rings. The van der Waals surface area contributed by atoms with E-state index in [9.17, 15) is 4.79 Å². The van der Waals surface area contributed by atoms with Crippen LogP contribution in [-0.4, -0.2) is 18.0 Å². The molecule has 1 aliphatic carbocycles.